The molecular weight excluding hydrogens is 470 g/mol. The van der Waals surface area contributed by atoms with Crippen molar-refractivity contribution in [2.45, 2.75) is 13.0 Å². The summed E-state index contributed by atoms with van der Waals surface area (Å²) < 4.78 is 17.1. The minimum Gasteiger partial charge on any atom is -0.497 e. The maximum Gasteiger partial charge on any atom is 0.119 e. The molecule has 0 radical (unpaired) electrons. The van der Waals surface area contributed by atoms with Gasteiger partial charge >= 0.3 is 0 Å². The minimum absolute atomic E-state index is 0.515. The number of hydrogen-bond donors (Lipinski definition) is 1. The van der Waals surface area contributed by atoms with Crippen molar-refractivity contribution in [3.63, 3.8) is 0 Å². The molecular formula is C31H30ClNO3. The van der Waals surface area contributed by atoms with Crippen LogP contribution in [0.5, 0.6) is 17.2 Å². The highest BCUT2D eigenvalue weighted by atomic mass is 35.5. The summed E-state index contributed by atoms with van der Waals surface area (Å²) in [4.78, 5) is 0. The highest BCUT2D eigenvalue weighted by Gasteiger charge is 2.14. The van der Waals surface area contributed by atoms with E-state index in [0.29, 0.717) is 24.8 Å². The minimum atomic E-state index is 0.515. The monoisotopic (exact) mass is 499 g/mol. The Morgan fingerprint density at radius 3 is 1.75 bits per heavy atom. The first-order chi connectivity index (χ1) is 17.7. The fraction of sp³-hybridized carbons (Fsp3) is 0.161. The molecule has 0 saturated heterocycles. The Labute approximate surface area is 217 Å². The molecule has 2 N–H and O–H groups in total. The van der Waals surface area contributed by atoms with Crippen molar-refractivity contribution in [1.82, 2.24) is 0 Å². The molecule has 4 nitrogen and oxygen atoms in total. The van der Waals surface area contributed by atoms with E-state index >= 15 is 0 Å². The largest absolute Gasteiger partial charge is 0.497 e. The fourth-order valence-corrected chi connectivity index (χ4v) is 4.10. The summed E-state index contributed by atoms with van der Waals surface area (Å²) in [6, 6.07) is 33.8. The maximum atomic E-state index is 7.02. The number of benzene rings is 4. The second-order valence-electron chi connectivity index (χ2n) is 8.23. The summed E-state index contributed by atoms with van der Waals surface area (Å²) in [5, 5.41) is 0.646. The second kappa shape index (κ2) is 12.8. The molecule has 0 aliphatic rings. The van der Waals surface area contributed by atoms with E-state index in [-0.39, 0.29) is 0 Å². The number of rotatable bonds is 11. The first-order valence-corrected chi connectivity index (χ1v) is 12.3. The summed E-state index contributed by atoms with van der Waals surface area (Å²) >= 11 is 7.02. The van der Waals surface area contributed by atoms with Gasteiger partial charge in [-0.05, 0) is 83.8 Å². The predicted molar refractivity (Wildman–Crippen MR) is 148 cm³/mol. The Bertz CT molecular complexity index is 1250. The van der Waals surface area contributed by atoms with E-state index in [0.717, 1.165) is 51.5 Å². The third-order valence-corrected chi connectivity index (χ3v) is 6.12. The second-order valence-corrected chi connectivity index (χ2v) is 8.61. The van der Waals surface area contributed by atoms with E-state index in [1.165, 1.54) is 0 Å². The first kappa shape index (κ1) is 25.4. The maximum absolute atomic E-state index is 7.02. The topological polar surface area (TPSA) is 53.7 Å². The van der Waals surface area contributed by atoms with Gasteiger partial charge < -0.3 is 19.9 Å². The van der Waals surface area contributed by atoms with Crippen molar-refractivity contribution >= 4 is 22.2 Å². The molecule has 0 spiro atoms. The lowest BCUT2D eigenvalue weighted by atomic mass is 9.95. The molecule has 0 amide bonds. The van der Waals surface area contributed by atoms with Crippen molar-refractivity contribution in [3.8, 4) is 17.2 Å². The van der Waals surface area contributed by atoms with E-state index in [4.69, 9.17) is 31.5 Å². The summed E-state index contributed by atoms with van der Waals surface area (Å²) in [7, 11) is 1.65. The summed E-state index contributed by atoms with van der Waals surface area (Å²) in [5.41, 5.74) is 10.5. The zero-order valence-corrected chi connectivity index (χ0v) is 21.1. The molecule has 0 unspecified atom stereocenters. The Kier molecular flexibility index (Phi) is 9.03. The van der Waals surface area contributed by atoms with Crippen molar-refractivity contribution in [2.24, 2.45) is 5.73 Å². The lowest BCUT2D eigenvalue weighted by Crippen LogP contribution is -2.06. The summed E-state index contributed by atoms with van der Waals surface area (Å²) in [6.07, 6.45) is 0.814. The highest BCUT2D eigenvalue weighted by molar-refractivity contribution is 6.53. The Hall–Kier alpha value is -3.73. The smallest absolute Gasteiger partial charge is 0.119 e. The molecule has 4 aromatic carbocycles. The molecule has 184 valence electrons. The van der Waals surface area contributed by atoms with Crippen LogP contribution in [0.1, 0.15) is 28.7 Å². The van der Waals surface area contributed by atoms with Gasteiger partial charge in [0.2, 0.25) is 0 Å². The lowest BCUT2D eigenvalue weighted by Gasteiger charge is -2.15. The van der Waals surface area contributed by atoms with Crippen LogP contribution >= 0.6 is 11.6 Å². The standard InChI is InChI=1S/C31H30ClNO3/c1-34-27-14-12-26(13-15-27)31(32)30(24-8-16-28(17-9-24)35-21-5-20-33)25-10-18-29(19-11-25)36-22-23-6-3-2-4-7-23/h2-4,6-19H,5,20-22,33H2,1H3/b31-30+. The zero-order chi connectivity index (χ0) is 25.2. The van der Waals surface area contributed by atoms with Crippen LogP contribution < -0.4 is 19.9 Å². The Morgan fingerprint density at radius 1 is 0.667 bits per heavy atom. The Balaban J connectivity index is 1.63. The molecule has 0 fully saturated rings. The molecule has 0 aromatic heterocycles. The van der Waals surface area contributed by atoms with Crippen LogP contribution in [-0.2, 0) is 6.61 Å². The van der Waals surface area contributed by atoms with Crippen molar-refractivity contribution in [1.29, 1.82) is 0 Å². The molecule has 0 atom stereocenters. The van der Waals surface area contributed by atoms with E-state index in [9.17, 15) is 0 Å². The average molecular weight is 500 g/mol. The van der Waals surface area contributed by atoms with Gasteiger partial charge in [0.25, 0.3) is 0 Å². The number of hydrogen-bond acceptors (Lipinski definition) is 4. The molecule has 0 bridgehead atoms. The zero-order valence-electron chi connectivity index (χ0n) is 20.3. The van der Waals surface area contributed by atoms with Crippen LogP contribution in [0.2, 0.25) is 0 Å². The number of methoxy groups -OCH3 is 1. The van der Waals surface area contributed by atoms with E-state index in [1.54, 1.807) is 7.11 Å². The van der Waals surface area contributed by atoms with Crippen molar-refractivity contribution < 1.29 is 14.2 Å². The third-order valence-electron chi connectivity index (χ3n) is 5.71. The van der Waals surface area contributed by atoms with Gasteiger partial charge in [0, 0.05) is 5.57 Å². The average Bonchev–Trinajstić information content (AvgIpc) is 2.94. The van der Waals surface area contributed by atoms with Gasteiger partial charge in [0.1, 0.15) is 23.9 Å². The highest BCUT2D eigenvalue weighted by Crippen LogP contribution is 2.36. The molecule has 36 heavy (non-hydrogen) atoms. The Morgan fingerprint density at radius 2 is 1.19 bits per heavy atom. The van der Waals surface area contributed by atoms with E-state index in [2.05, 4.69) is 0 Å². The van der Waals surface area contributed by atoms with Crippen LogP contribution in [0.3, 0.4) is 0 Å². The van der Waals surface area contributed by atoms with Gasteiger partial charge in [0.05, 0.1) is 18.7 Å². The van der Waals surface area contributed by atoms with E-state index in [1.807, 2.05) is 103 Å². The molecule has 4 rings (SSSR count). The van der Waals surface area contributed by atoms with Crippen LogP contribution in [0, 0.1) is 0 Å². The SMILES string of the molecule is COc1ccc(/C(Cl)=C(/c2ccc(OCCCN)cc2)c2ccc(OCc3ccccc3)cc2)cc1. The first-order valence-electron chi connectivity index (χ1n) is 11.9. The normalized spacial score (nSPS) is 11.5. The van der Waals surface area contributed by atoms with Crippen LogP contribution in [-0.4, -0.2) is 20.3 Å². The summed E-state index contributed by atoms with van der Waals surface area (Å²) in [6.45, 7) is 1.71. The van der Waals surface area contributed by atoms with E-state index < -0.39 is 0 Å². The number of nitrogens with two attached hydrogens (primary N) is 1. The summed E-state index contributed by atoms with van der Waals surface area (Å²) in [5.74, 6) is 2.38. The molecule has 5 heteroatoms. The van der Waals surface area contributed by atoms with Gasteiger partial charge in [-0.1, -0.05) is 66.2 Å². The van der Waals surface area contributed by atoms with Crippen LogP contribution in [0.4, 0.5) is 0 Å². The molecule has 0 aliphatic carbocycles. The van der Waals surface area contributed by atoms with Crippen molar-refractivity contribution in [2.75, 3.05) is 20.3 Å². The molecule has 0 heterocycles. The molecule has 0 aliphatic heterocycles. The van der Waals surface area contributed by atoms with Gasteiger partial charge in [0.15, 0.2) is 0 Å². The molecule has 0 saturated carbocycles. The van der Waals surface area contributed by atoms with Crippen LogP contribution in [0.15, 0.2) is 103 Å². The fourth-order valence-electron chi connectivity index (χ4n) is 3.75. The lowest BCUT2D eigenvalue weighted by molar-refractivity contribution is 0.306. The quantitative estimate of drug-likeness (QED) is 0.176. The molecule has 4 aromatic rings. The van der Waals surface area contributed by atoms with Gasteiger partial charge in [-0.3, -0.25) is 0 Å². The third kappa shape index (κ3) is 6.69. The van der Waals surface area contributed by atoms with Gasteiger partial charge in [-0.15, -0.1) is 0 Å². The predicted octanol–water partition coefficient (Wildman–Crippen LogP) is 7.16. The van der Waals surface area contributed by atoms with Gasteiger partial charge in [-0.25, -0.2) is 0 Å². The van der Waals surface area contributed by atoms with Gasteiger partial charge in [-0.2, -0.15) is 0 Å². The number of halogens is 1. The van der Waals surface area contributed by atoms with Crippen molar-refractivity contribution in [3.05, 3.63) is 125 Å². The van der Waals surface area contributed by atoms with Crippen LogP contribution in [0.25, 0.3) is 10.6 Å². The number of ether oxygens (including phenoxy) is 3.